The summed E-state index contributed by atoms with van der Waals surface area (Å²) < 4.78 is 76.8. The van der Waals surface area contributed by atoms with E-state index in [1.807, 2.05) is 182 Å². The van der Waals surface area contributed by atoms with Crippen molar-refractivity contribution in [3.63, 3.8) is 0 Å². The first kappa shape index (κ1) is 35.9. The van der Waals surface area contributed by atoms with Crippen molar-refractivity contribution < 1.29 is 22.0 Å². The van der Waals surface area contributed by atoms with Crippen LogP contribution in [0.3, 0.4) is 0 Å². The second-order valence-electron chi connectivity index (χ2n) is 12.0. The molecule has 0 aliphatic rings. The molecule has 0 amide bonds. The summed E-state index contributed by atoms with van der Waals surface area (Å²) in [5.41, 5.74) is 1.43. The van der Waals surface area contributed by atoms with Gasteiger partial charge in [-0.2, -0.15) is 0 Å². The maximum atomic E-state index is 16.0. The first-order valence-electron chi connectivity index (χ1n) is 16.8. The molecule has 7 aromatic carbocycles. The van der Waals surface area contributed by atoms with Gasteiger partial charge in [0.05, 0.1) is 5.56 Å². The molecule has 0 N–H and O–H groups in total. The summed E-state index contributed by atoms with van der Waals surface area (Å²) in [5, 5.41) is 4.70. The highest BCUT2D eigenvalue weighted by atomic mass is 31.1. The highest BCUT2D eigenvalue weighted by molar-refractivity contribution is 7.82. The maximum Gasteiger partial charge on any atom is 0.200 e. The molecule has 260 valence electrons. The van der Waals surface area contributed by atoms with E-state index in [-0.39, 0.29) is 0 Å². The predicted octanol–water partition coefficient (Wildman–Crippen LogP) is 11.4. The van der Waals surface area contributed by atoms with Crippen molar-refractivity contribution in [3.05, 3.63) is 238 Å². The molecule has 0 nitrogen and oxygen atoms in total. The number of hydrogen-bond donors (Lipinski definition) is 0. The Morgan fingerprint density at radius 3 is 0.962 bits per heavy atom. The van der Waals surface area contributed by atoms with Gasteiger partial charge in [-0.25, -0.2) is 22.0 Å². The van der Waals surface area contributed by atoms with Crippen LogP contribution in [0.15, 0.2) is 193 Å². The molecule has 7 rings (SSSR count). The molecular formula is C46H31F5P2. The minimum Gasteiger partial charge on any atom is -0.203 e. The van der Waals surface area contributed by atoms with E-state index in [4.69, 9.17) is 0 Å². The van der Waals surface area contributed by atoms with Crippen LogP contribution in [-0.2, 0) is 0 Å². The molecule has 0 fully saturated rings. The molecule has 0 aliphatic carbocycles. The molecule has 0 saturated carbocycles. The average molecular weight is 741 g/mol. The largest absolute Gasteiger partial charge is 0.203 e. The monoisotopic (exact) mass is 740 g/mol. The van der Waals surface area contributed by atoms with Crippen LogP contribution in [-0.4, -0.2) is 0 Å². The van der Waals surface area contributed by atoms with E-state index in [9.17, 15) is 4.39 Å². The van der Waals surface area contributed by atoms with E-state index in [1.54, 1.807) is 0 Å². The van der Waals surface area contributed by atoms with Gasteiger partial charge < -0.3 is 0 Å². The Kier molecular flexibility index (Phi) is 11.2. The standard InChI is InChI=1S/C46H31F5P2/c47-41-38(42(48)44(50)45(51)43(41)49)31-39(52(34-23-11-3-12-24-34)35-25-13-4-14-26-35)46(40(32-19-7-1-8-20-32)33-21-9-2-10-22-33)53(36-27-15-5-16-28-36)37-29-17-6-18-30-37/h1-31H/b39-31-. The molecule has 0 bridgehead atoms. The van der Waals surface area contributed by atoms with Gasteiger partial charge in [0.2, 0.25) is 5.82 Å². The highest BCUT2D eigenvalue weighted by Crippen LogP contribution is 2.61. The maximum absolute atomic E-state index is 16.0. The van der Waals surface area contributed by atoms with Gasteiger partial charge in [0.1, 0.15) is 0 Å². The quantitative estimate of drug-likeness (QED) is 0.0431. The SMILES string of the molecule is Fc1c(F)c(F)c(/C=C(/C(=C(c2ccccc2)c2ccccc2)P(c2ccccc2)c2ccccc2)P(c2ccccc2)c2ccccc2)c(F)c1F. The molecule has 0 aliphatic heterocycles. The smallest absolute Gasteiger partial charge is 0.200 e. The Morgan fingerprint density at radius 2 is 0.623 bits per heavy atom. The Balaban J connectivity index is 1.75. The molecule has 0 radical (unpaired) electrons. The Labute approximate surface area is 308 Å². The molecule has 0 heterocycles. The van der Waals surface area contributed by atoms with Crippen LogP contribution < -0.4 is 21.2 Å². The molecule has 0 saturated heterocycles. The summed E-state index contributed by atoms with van der Waals surface area (Å²) in [6, 6.07) is 58.3. The fourth-order valence-electron chi connectivity index (χ4n) is 6.27. The van der Waals surface area contributed by atoms with Crippen molar-refractivity contribution in [2.24, 2.45) is 0 Å². The van der Waals surface area contributed by atoms with E-state index >= 15 is 17.6 Å². The van der Waals surface area contributed by atoms with Crippen LogP contribution in [0.5, 0.6) is 0 Å². The topological polar surface area (TPSA) is 0 Å². The zero-order chi connectivity index (χ0) is 36.7. The lowest BCUT2D eigenvalue weighted by Gasteiger charge is -2.33. The molecule has 0 aromatic heterocycles. The van der Waals surface area contributed by atoms with Gasteiger partial charge >= 0.3 is 0 Å². The number of benzene rings is 7. The lowest BCUT2D eigenvalue weighted by atomic mass is 9.97. The summed E-state index contributed by atoms with van der Waals surface area (Å²) >= 11 is 0. The fourth-order valence-corrected chi connectivity index (χ4v) is 11.8. The number of allylic oxidation sites excluding steroid dienone is 2. The van der Waals surface area contributed by atoms with Crippen LogP contribution in [0.4, 0.5) is 22.0 Å². The van der Waals surface area contributed by atoms with Gasteiger partial charge in [0.15, 0.2) is 23.3 Å². The second kappa shape index (κ2) is 16.5. The van der Waals surface area contributed by atoms with Crippen LogP contribution >= 0.6 is 15.8 Å². The molecule has 53 heavy (non-hydrogen) atoms. The van der Waals surface area contributed by atoms with E-state index in [0.717, 1.165) is 43.2 Å². The minimum absolute atomic E-state index is 0.446. The Morgan fingerprint density at radius 1 is 0.340 bits per heavy atom. The van der Waals surface area contributed by atoms with Crippen LogP contribution in [0.2, 0.25) is 0 Å². The van der Waals surface area contributed by atoms with E-state index in [0.29, 0.717) is 5.31 Å². The van der Waals surface area contributed by atoms with Gasteiger partial charge in [-0.15, -0.1) is 0 Å². The fraction of sp³-hybridized carbons (Fsp3) is 0. The molecule has 7 aromatic rings. The summed E-state index contributed by atoms with van der Waals surface area (Å²) in [6.07, 6.45) is 1.21. The van der Waals surface area contributed by atoms with Crippen molar-refractivity contribution in [2.75, 3.05) is 0 Å². The second-order valence-corrected chi connectivity index (χ2v) is 16.3. The van der Waals surface area contributed by atoms with Crippen LogP contribution in [0.1, 0.15) is 16.7 Å². The van der Waals surface area contributed by atoms with Gasteiger partial charge in [-0.05, 0) is 65.2 Å². The third kappa shape index (κ3) is 7.55. The summed E-state index contributed by atoms with van der Waals surface area (Å²) in [4.78, 5) is 0. The lowest BCUT2D eigenvalue weighted by molar-refractivity contribution is 0.377. The van der Waals surface area contributed by atoms with E-state index in [2.05, 4.69) is 0 Å². The van der Waals surface area contributed by atoms with Gasteiger partial charge in [0.25, 0.3) is 0 Å². The number of rotatable bonds is 10. The first-order valence-corrected chi connectivity index (χ1v) is 19.5. The first-order chi connectivity index (χ1) is 25.9. The Hall–Kier alpha value is -5.47. The van der Waals surface area contributed by atoms with Crippen molar-refractivity contribution in [1.82, 2.24) is 0 Å². The number of halogens is 5. The Bertz CT molecular complexity index is 2220. The highest BCUT2D eigenvalue weighted by Gasteiger charge is 2.34. The normalized spacial score (nSPS) is 11.6. The van der Waals surface area contributed by atoms with E-state index < -0.39 is 50.5 Å². The van der Waals surface area contributed by atoms with Crippen molar-refractivity contribution in [2.45, 2.75) is 0 Å². The molecule has 0 spiro atoms. The molecular weight excluding hydrogens is 709 g/mol. The zero-order valence-electron chi connectivity index (χ0n) is 28.2. The minimum atomic E-state index is -2.20. The van der Waals surface area contributed by atoms with Crippen molar-refractivity contribution in [3.8, 4) is 0 Å². The van der Waals surface area contributed by atoms with Crippen molar-refractivity contribution >= 4 is 48.7 Å². The molecule has 0 atom stereocenters. The summed E-state index contributed by atoms with van der Waals surface area (Å²) in [7, 11) is -3.28. The van der Waals surface area contributed by atoms with Crippen molar-refractivity contribution in [1.29, 1.82) is 0 Å². The third-order valence-electron chi connectivity index (χ3n) is 8.65. The van der Waals surface area contributed by atoms with Crippen LogP contribution in [0.25, 0.3) is 11.6 Å². The summed E-state index contributed by atoms with van der Waals surface area (Å²) in [6.45, 7) is 0. The van der Waals surface area contributed by atoms with E-state index in [1.165, 1.54) is 6.08 Å². The third-order valence-corrected chi connectivity index (χ3v) is 13.8. The predicted molar refractivity (Wildman–Crippen MR) is 211 cm³/mol. The molecule has 7 heteroatoms. The summed E-state index contributed by atoms with van der Waals surface area (Å²) in [5.74, 6) is -9.97. The zero-order valence-corrected chi connectivity index (χ0v) is 30.0. The van der Waals surface area contributed by atoms with Gasteiger partial charge in [0, 0.05) is 5.31 Å². The number of hydrogen-bond acceptors (Lipinski definition) is 0. The van der Waals surface area contributed by atoms with Gasteiger partial charge in [-0.1, -0.05) is 182 Å². The average Bonchev–Trinajstić information content (AvgIpc) is 3.22. The lowest BCUT2D eigenvalue weighted by Crippen LogP contribution is -2.19. The van der Waals surface area contributed by atoms with Gasteiger partial charge in [-0.3, -0.25) is 0 Å². The van der Waals surface area contributed by atoms with Crippen LogP contribution in [0, 0.1) is 29.1 Å². The molecule has 0 unspecified atom stereocenters.